The monoisotopic (exact) mass is 384 g/mol. The summed E-state index contributed by atoms with van der Waals surface area (Å²) in [5, 5.41) is 0. The van der Waals surface area contributed by atoms with Gasteiger partial charge in [0.15, 0.2) is 0 Å². The van der Waals surface area contributed by atoms with Crippen molar-refractivity contribution >= 4 is 5.91 Å². The standard InChI is InChI=1S/C23H36N4O/c28-23(26-13-3-4-14-26)9-8-20-6-5-15-27(18-20)22-10-16-25(17-11-22)19-21-7-1-2-12-24-21/h1-2,7,12,20,22H,3-6,8-11,13-19H2. The Balaban J connectivity index is 1.19. The minimum atomic E-state index is 0.400. The zero-order valence-electron chi connectivity index (χ0n) is 17.3. The first-order valence-corrected chi connectivity index (χ1v) is 11.4. The third kappa shape index (κ3) is 5.32. The van der Waals surface area contributed by atoms with Gasteiger partial charge in [0.05, 0.1) is 5.69 Å². The van der Waals surface area contributed by atoms with Gasteiger partial charge in [-0.3, -0.25) is 14.7 Å². The van der Waals surface area contributed by atoms with Gasteiger partial charge in [0.1, 0.15) is 0 Å². The second kappa shape index (κ2) is 9.84. The lowest BCUT2D eigenvalue weighted by Crippen LogP contribution is -2.48. The predicted octanol–water partition coefficient (Wildman–Crippen LogP) is 3.16. The van der Waals surface area contributed by atoms with Crippen molar-refractivity contribution in [2.24, 2.45) is 5.92 Å². The molecule has 4 rings (SSSR count). The van der Waals surface area contributed by atoms with Gasteiger partial charge in [-0.15, -0.1) is 0 Å². The molecule has 1 atom stereocenters. The van der Waals surface area contributed by atoms with Gasteiger partial charge in [-0.05, 0) is 69.5 Å². The van der Waals surface area contributed by atoms with Crippen LogP contribution in [0.3, 0.4) is 0 Å². The summed E-state index contributed by atoms with van der Waals surface area (Å²) in [6, 6.07) is 6.93. The number of amides is 1. The van der Waals surface area contributed by atoms with Crippen LogP contribution >= 0.6 is 0 Å². The van der Waals surface area contributed by atoms with Gasteiger partial charge < -0.3 is 9.80 Å². The summed E-state index contributed by atoms with van der Waals surface area (Å²) in [4.78, 5) is 24.2. The minimum Gasteiger partial charge on any atom is -0.343 e. The summed E-state index contributed by atoms with van der Waals surface area (Å²) >= 11 is 0. The van der Waals surface area contributed by atoms with Gasteiger partial charge in [0.25, 0.3) is 0 Å². The molecule has 0 aromatic carbocycles. The predicted molar refractivity (Wildman–Crippen MR) is 112 cm³/mol. The maximum Gasteiger partial charge on any atom is 0.222 e. The Kier molecular flexibility index (Phi) is 6.97. The van der Waals surface area contributed by atoms with Crippen LogP contribution in [0.1, 0.15) is 57.1 Å². The van der Waals surface area contributed by atoms with Crippen LogP contribution in [-0.2, 0) is 11.3 Å². The van der Waals surface area contributed by atoms with Gasteiger partial charge in [-0.25, -0.2) is 0 Å². The van der Waals surface area contributed by atoms with Gasteiger partial charge in [-0.1, -0.05) is 6.07 Å². The lowest BCUT2D eigenvalue weighted by atomic mass is 9.90. The zero-order chi connectivity index (χ0) is 19.2. The van der Waals surface area contributed by atoms with E-state index >= 15 is 0 Å². The molecule has 0 aliphatic carbocycles. The van der Waals surface area contributed by atoms with E-state index in [4.69, 9.17) is 0 Å². The van der Waals surface area contributed by atoms with E-state index in [2.05, 4.69) is 31.8 Å². The SMILES string of the molecule is O=C(CCC1CCCN(C2CCN(Cc3ccccn3)CC2)C1)N1CCCC1. The fraction of sp³-hybridized carbons (Fsp3) is 0.739. The second-order valence-corrected chi connectivity index (χ2v) is 8.96. The third-order valence-electron chi connectivity index (χ3n) is 6.96. The molecule has 5 heteroatoms. The lowest BCUT2D eigenvalue weighted by Gasteiger charge is -2.42. The first-order valence-electron chi connectivity index (χ1n) is 11.4. The van der Waals surface area contributed by atoms with Crippen molar-refractivity contribution in [1.29, 1.82) is 0 Å². The number of carbonyl (C=O) groups is 1. The maximum atomic E-state index is 12.4. The highest BCUT2D eigenvalue weighted by atomic mass is 16.2. The Hall–Kier alpha value is -1.46. The molecule has 0 spiro atoms. The van der Waals surface area contributed by atoms with Crippen molar-refractivity contribution < 1.29 is 4.79 Å². The molecule has 0 N–H and O–H groups in total. The molecule has 0 radical (unpaired) electrons. The molecule has 1 amide bonds. The fourth-order valence-electron chi connectivity index (χ4n) is 5.28. The molecule has 154 valence electrons. The molecule has 3 fully saturated rings. The smallest absolute Gasteiger partial charge is 0.222 e. The first-order chi connectivity index (χ1) is 13.8. The Labute approximate surface area is 170 Å². The van der Waals surface area contributed by atoms with Crippen molar-refractivity contribution in [3.63, 3.8) is 0 Å². The average molecular weight is 385 g/mol. The molecule has 4 heterocycles. The quantitative estimate of drug-likeness (QED) is 0.755. The summed E-state index contributed by atoms with van der Waals surface area (Å²) in [6.45, 7) is 7.78. The van der Waals surface area contributed by atoms with E-state index in [9.17, 15) is 4.79 Å². The topological polar surface area (TPSA) is 39.7 Å². The fourth-order valence-corrected chi connectivity index (χ4v) is 5.28. The van der Waals surface area contributed by atoms with Crippen LogP contribution < -0.4 is 0 Å². The van der Waals surface area contributed by atoms with E-state index in [1.807, 2.05) is 12.3 Å². The van der Waals surface area contributed by atoms with E-state index < -0.39 is 0 Å². The van der Waals surface area contributed by atoms with Crippen molar-refractivity contribution in [3.8, 4) is 0 Å². The highest BCUT2D eigenvalue weighted by Crippen LogP contribution is 2.27. The summed E-state index contributed by atoms with van der Waals surface area (Å²) in [7, 11) is 0. The Morgan fingerprint density at radius 3 is 2.57 bits per heavy atom. The maximum absolute atomic E-state index is 12.4. The largest absolute Gasteiger partial charge is 0.343 e. The number of piperidine rings is 2. The highest BCUT2D eigenvalue weighted by Gasteiger charge is 2.29. The van der Waals surface area contributed by atoms with Crippen molar-refractivity contribution in [2.75, 3.05) is 39.3 Å². The number of nitrogens with zero attached hydrogens (tertiary/aromatic N) is 4. The van der Waals surface area contributed by atoms with Crippen LogP contribution in [0.4, 0.5) is 0 Å². The zero-order valence-corrected chi connectivity index (χ0v) is 17.3. The summed E-state index contributed by atoms with van der Waals surface area (Å²) in [6.07, 6.45) is 11.3. The summed E-state index contributed by atoms with van der Waals surface area (Å²) in [5.41, 5.74) is 1.18. The van der Waals surface area contributed by atoms with Crippen molar-refractivity contribution in [1.82, 2.24) is 19.7 Å². The van der Waals surface area contributed by atoms with E-state index in [1.54, 1.807) is 0 Å². The summed E-state index contributed by atoms with van der Waals surface area (Å²) < 4.78 is 0. The molecule has 5 nitrogen and oxygen atoms in total. The molecule has 1 aromatic rings. The van der Waals surface area contributed by atoms with Gasteiger partial charge in [-0.2, -0.15) is 0 Å². The number of hydrogen-bond donors (Lipinski definition) is 0. The number of likely N-dealkylation sites (tertiary alicyclic amines) is 3. The van der Waals surface area contributed by atoms with Gasteiger partial charge in [0.2, 0.25) is 5.91 Å². The van der Waals surface area contributed by atoms with E-state index in [0.29, 0.717) is 11.8 Å². The average Bonchev–Trinajstić information content (AvgIpc) is 3.29. The van der Waals surface area contributed by atoms with Crippen LogP contribution in [-0.4, -0.2) is 70.9 Å². The number of aromatic nitrogens is 1. The van der Waals surface area contributed by atoms with E-state index in [0.717, 1.165) is 38.5 Å². The number of pyridine rings is 1. The molecule has 1 unspecified atom stereocenters. The van der Waals surface area contributed by atoms with Gasteiger partial charge in [0, 0.05) is 57.9 Å². The molecule has 1 aromatic heterocycles. The van der Waals surface area contributed by atoms with Crippen LogP contribution in [0.2, 0.25) is 0 Å². The van der Waals surface area contributed by atoms with Gasteiger partial charge >= 0.3 is 0 Å². The molecule has 3 aliphatic heterocycles. The normalized spacial score (nSPS) is 25.3. The molecule has 28 heavy (non-hydrogen) atoms. The van der Waals surface area contributed by atoms with Crippen LogP contribution in [0, 0.1) is 5.92 Å². The Bertz CT molecular complexity index is 608. The number of hydrogen-bond acceptors (Lipinski definition) is 4. The van der Waals surface area contributed by atoms with E-state index in [1.165, 1.54) is 70.4 Å². The number of carbonyl (C=O) groups excluding carboxylic acids is 1. The molecular weight excluding hydrogens is 348 g/mol. The van der Waals surface area contributed by atoms with E-state index in [-0.39, 0.29) is 0 Å². The van der Waals surface area contributed by atoms with Crippen LogP contribution in [0.15, 0.2) is 24.4 Å². The number of rotatable bonds is 6. The van der Waals surface area contributed by atoms with Crippen molar-refractivity contribution in [2.45, 2.75) is 64.0 Å². The molecule has 0 bridgehead atoms. The molecule has 0 saturated carbocycles. The van der Waals surface area contributed by atoms with Crippen LogP contribution in [0.25, 0.3) is 0 Å². The third-order valence-corrected chi connectivity index (χ3v) is 6.96. The lowest BCUT2D eigenvalue weighted by molar-refractivity contribution is -0.130. The highest BCUT2D eigenvalue weighted by molar-refractivity contribution is 5.76. The minimum absolute atomic E-state index is 0.400. The summed E-state index contributed by atoms with van der Waals surface area (Å²) in [5.74, 6) is 1.12. The van der Waals surface area contributed by atoms with Crippen molar-refractivity contribution in [3.05, 3.63) is 30.1 Å². The second-order valence-electron chi connectivity index (χ2n) is 8.96. The molecule has 3 aliphatic rings. The Morgan fingerprint density at radius 1 is 1.00 bits per heavy atom. The molecular formula is C23H36N4O. The first kappa shape index (κ1) is 19.8. The molecule has 3 saturated heterocycles. The Morgan fingerprint density at radius 2 is 1.82 bits per heavy atom. The van der Waals surface area contributed by atoms with Crippen LogP contribution in [0.5, 0.6) is 0 Å².